The molecule has 24 heavy (non-hydrogen) atoms. The number of nitrogens with two attached hydrogens (primary N) is 2. The summed E-state index contributed by atoms with van der Waals surface area (Å²) < 4.78 is 1.68. The van der Waals surface area contributed by atoms with Crippen molar-refractivity contribution in [1.29, 1.82) is 0 Å². The second-order valence-corrected chi connectivity index (χ2v) is 5.13. The molecular weight excluding hydrogens is 300 g/mol. The minimum atomic E-state index is 0.154. The Hall–Kier alpha value is -3.05. The molecule has 0 aliphatic heterocycles. The summed E-state index contributed by atoms with van der Waals surface area (Å²) in [6, 6.07) is 17.6. The lowest BCUT2D eigenvalue weighted by atomic mass is 10.1. The van der Waals surface area contributed by atoms with E-state index < -0.39 is 0 Å². The molecule has 0 radical (unpaired) electrons. The Balaban J connectivity index is 0.000000219. The zero-order valence-electron chi connectivity index (χ0n) is 13.4. The number of anilines is 2. The van der Waals surface area contributed by atoms with Crippen LogP contribution in [0.1, 0.15) is 11.1 Å². The van der Waals surface area contributed by atoms with Crippen molar-refractivity contribution in [3.05, 3.63) is 78.1 Å². The van der Waals surface area contributed by atoms with Gasteiger partial charge in [-0.25, -0.2) is 0 Å². The minimum absolute atomic E-state index is 0.154. The van der Waals surface area contributed by atoms with Crippen LogP contribution in [-0.4, -0.2) is 21.5 Å². The van der Waals surface area contributed by atoms with Gasteiger partial charge in [-0.15, -0.1) is 0 Å². The van der Waals surface area contributed by atoms with Crippen molar-refractivity contribution in [2.45, 2.75) is 6.54 Å². The molecule has 5 nitrogen and oxygen atoms in total. The van der Waals surface area contributed by atoms with Crippen LogP contribution >= 0.6 is 0 Å². The molecule has 5 heteroatoms. The first kappa shape index (κ1) is 17.3. The van der Waals surface area contributed by atoms with Gasteiger partial charge in [-0.05, 0) is 29.3 Å². The molecule has 0 aliphatic carbocycles. The summed E-state index contributed by atoms with van der Waals surface area (Å²) in [4.78, 5) is 0. The molecule has 0 atom stereocenters. The highest BCUT2D eigenvalue weighted by molar-refractivity contribution is 5.74. The van der Waals surface area contributed by atoms with Crippen LogP contribution in [0.15, 0.2) is 67.0 Å². The largest absolute Gasteiger partial charge is 0.397 e. The number of aliphatic hydroxyl groups is 1. The highest BCUT2D eigenvalue weighted by Gasteiger charge is 1.93. The quantitative estimate of drug-likeness (QED) is 0.509. The zero-order valence-corrected chi connectivity index (χ0v) is 13.4. The third-order valence-corrected chi connectivity index (χ3v) is 3.27. The molecule has 1 aromatic heterocycles. The third kappa shape index (κ3) is 5.62. The van der Waals surface area contributed by atoms with Crippen molar-refractivity contribution < 1.29 is 5.11 Å². The van der Waals surface area contributed by atoms with Crippen molar-refractivity contribution in [1.82, 2.24) is 9.78 Å². The monoisotopic (exact) mass is 322 g/mol. The Kier molecular flexibility index (Phi) is 6.61. The number of hydrogen-bond donors (Lipinski definition) is 3. The SMILES string of the molecule is Nc1ccc(C=Cc2ccccc2)cc1N.OCCn1cccn1. The summed E-state index contributed by atoms with van der Waals surface area (Å²) in [5.41, 5.74) is 14.8. The van der Waals surface area contributed by atoms with E-state index in [0.29, 0.717) is 17.9 Å². The van der Waals surface area contributed by atoms with Crippen LogP contribution in [0, 0.1) is 0 Å². The molecule has 5 N–H and O–H groups in total. The van der Waals surface area contributed by atoms with Gasteiger partial charge < -0.3 is 16.6 Å². The summed E-state index contributed by atoms with van der Waals surface area (Å²) in [6.45, 7) is 0.745. The fourth-order valence-corrected chi connectivity index (χ4v) is 1.99. The maximum atomic E-state index is 8.38. The molecule has 0 aliphatic rings. The van der Waals surface area contributed by atoms with Crippen LogP contribution < -0.4 is 11.5 Å². The fourth-order valence-electron chi connectivity index (χ4n) is 1.99. The fraction of sp³-hybridized carbons (Fsp3) is 0.105. The van der Waals surface area contributed by atoms with Crippen LogP contribution in [0.5, 0.6) is 0 Å². The smallest absolute Gasteiger partial charge is 0.0640 e. The van der Waals surface area contributed by atoms with Crippen molar-refractivity contribution in [3.63, 3.8) is 0 Å². The van der Waals surface area contributed by atoms with Crippen molar-refractivity contribution in [2.24, 2.45) is 0 Å². The number of aromatic nitrogens is 2. The third-order valence-electron chi connectivity index (χ3n) is 3.27. The van der Waals surface area contributed by atoms with Crippen LogP contribution in [0.4, 0.5) is 11.4 Å². The van der Waals surface area contributed by atoms with E-state index in [2.05, 4.69) is 17.2 Å². The van der Waals surface area contributed by atoms with Crippen LogP contribution in [0.2, 0.25) is 0 Å². The first-order chi connectivity index (χ1) is 11.7. The van der Waals surface area contributed by atoms with E-state index in [-0.39, 0.29) is 6.61 Å². The zero-order chi connectivity index (χ0) is 17.2. The maximum absolute atomic E-state index is 8.38. The van der Waals surface area contributed by atoms with Gasteiger partial charge in [-0.2, -0.15) is 5.10 Å². The molecule has 0 bridgehead atoms. The molecule has 3 rings (SSSR count). The van der Waals surface area contributed by atoms with Gasteiger partial charge in [-0.3, -0.25) is 4.68 Å². The standard InChI is InChI=1S/C14H14N2.C5H8N2O/c15-13-9-8-12(10-14(13)16)7-6-11-4-2-1-3-5-11;8-5-4-7-3-1-2-6-7/h1-10H,15-16H2;1-3,8H,4-5H2. The van der Waals surface area contributed by atoms with E-state index in [1.165, 1.54) is 0 Å². The lowest BCUT2D eigenvalue weighted by Crippen LogP contribution is -2.01. The first-order valence-electron chi connectivity index (χ1n) is 7.65. The molecule has 0 spiro atoms. The molecule has 0 saturated heterocycles. The van der Waals surface area contributed by atoms with E-state index in [1.807, 2.05) is 60.8 Å². The molecule has 0 unspecified atom stereocenters. The van der Waals surface area contributed by atoms with Gasteiger partial charge in [0.1, 0.15) is 0 Å². The van der Waals surface area contributed by atoms with Gasteiger partial charge in [-0.1, -0.05) is 48.6 Å². The Morgan fingerprint density at radius 1 is 0.917 bits per heavy atom. The number of rotatable bonds is 4. The Morgan fingerprint density at radius 3 is 2.29 bits per heavy atom. The molecule has 0 amide bonds. The van der Waals surface area contributed by atoms with Gasteiger partial charge in [0.05, 0.1) is 24.5 Å². The van der Waals surface area contributed by atoms with Crippen LogP contribution in [0.3, 0.4) is 0 Å². The molecule has 124 valence electrons. The number of benzene rings is 2. The lowest BCUT2D eigenvalue weighted by molar-refractivity contribution is 0.269. The van der Waals surface area contributed by atoms with E-state index in [0.717, 1.165) is 11.1 Å². The number of hydrogen-bond acceptors (Lipinski definition) is 4. The molecule has 2 aromatic carbocycles. The van der Waals surface area contributed by atoms with Crippen molar-refractivity contribution >= 4 is 23.5 Å². The summed E-state index contributed by atoms with van der Waals surface area (Å²) in [7, 11) is 0. The minimum Gasteiger partial charge on any atom is -0.397 e. The highest BCUT2D eigenvalue weighted by atomic mass is 16.3. The van der Waals surface area contributed by atoms with Crippen molar-refractivity contribution in [2.75, 3.05) is 18.1 Å². The van der Waals surface area contributed by atoms with Gasteiger partial charge in [0.15, 0.2) is 0 Å². The summed E-state index contributed by atoms with van der Waals surface area (Å²) in [6.07, 6.45) is 7.57. The Morgan fingerprint density at radius 2 is 1.67 bits per heavy atom. The van der Waals surface area contributed by atoms with Gasteiger partial charge in [0, 0.05) is 12.4 Å². The second kappa shape index (κ2) is 9.17. The Bertz CT molecular complexity index is 752. The van der Waals surface area contributed by atoms with Crippen molar-refractivity contribution in [3.8, 4) is 0 Å². The Labute approximate surface area is 141 Å². The normalized spacial score (nSPS) is 10.4. The number of aliphatic hydroxyl groups excluding tert-OH is 1. The summed E-state index contributed by atoms with van der Waals surface area (Å²) in [5, 5.41) is 12.2. The number of nitrogens with zero attached hydrogens (tertiary/aromatic N) is 2. The average molecular weight is 322 g/mol. The predicted octanol–water partition coefficient (Wildman–Crippen LogP) is 2.90. The van der Waals surface area contributed by atoms with Gasteiger partial charge >= 0.3 is 0 Å². The summed E-state index contributed by atoms with van der Waals surface area (Å²) >= 11 is 0. The van der Waals surface area contributed by atoms with Gasteiger partial charge in [0.2, 0.25) is 0 Å². The molecular formula is C19H22N4O. The average Bonchev–Trinajstić information content (AvgIpc) is 3.11. The predicted molar refractivity (Wildman–Crippen MR) is 99.9 cm³/mol. The first-order valence-corrected chi connectivity index (χ1v) is 7.65. The van der Waals surface area contributed by atoms with E-state index >= 15 is 0 Å². The molecule has 1 heterocycles. The van der Waals surface area contributed by atoms with E-state index in [9.17, 15) is 0 Å². The molecule has 0 fully saturated rings. The van der Waals surface area contributed by atoms with Crippen LogP contribution in [-0.2, 0) is 6.54 Å². The summed E-state index contributed by atoms with van der Waals surface area (Å²) in [5.74, 6) is 0. The maximum Gasteiger partial charge on any atom is 0.0640 e. The van der Waals surface area contributed by atoms with E-state index in [4.69, 9.17) is 16.6 Å². The lowest BCUT2D eigenvalue weighted by Gasteiger charge is -2.00. The highest BCUT2D eigenvalue weighted by Crippen LogP contribution is 2.17. The van der Waals surface area contributed by atoms with E-state index in [1.54, 1.807) is 10.9 Å². The van der Waals surface area contributed by atoms with Gasteiger partial charge in [0.25, 0.3) is 0 Å². The second-order valence-electron chi connectivity index (χ2n) is 5.13. The topological polar surface area (TPSA) is 90.1 Å². The molecule has 0 saturated carbocycles. The number of nitrogen functional groups attached to an aromatic ring is 2. The van der Waals surface area contributed by atoms with Crippen LogP contribution in [0.25, 0.3) is 12.2 Å². The molecule has 3 aromatic rings.